The van der Waals surface area contributed by atoms with Crippen LogP contribution < -0.4 is 10.2 Å². The van der Waals surface area contributed by atoms with Gasteiger partial charge < -0.3 is 15.1 Å². The number of anilines is 1. The minimum Gasteiger partial charge on any atom is -0.353 e. The molecule has 0 radical (unpaired) electrons. The average molecular weight is 317 g/mol. The van der Waals surface area contributed by atoms with E-state index in [0.29, 0.717) is 6.54 Å². The fraction of sp³-hybridized carbons (Fsp3) is 0.375. The Morgan fingerprint density at radius 2 is 2.14 bits per heavy atom. The first kappa shape index (κ1) is 13.6. The zero-order chi connectivity index (χ0) is 15.3. The summed E-state index contributed by atoms with van der Waals surface area (Å²) in [5.74, 6) is 0.955. The minimum absolute atomic E-state index is 0.0544. The summed E-state index contributed by atoms with van der Waals surface area (Å²) in [5, 5.41) is 4.62. The van der Waals surface area contributed by atoms with Crippen LogP contribution in [0.2, 0.25) is 5.02 Å². The maximum absolute atomic E-state index is 11.7. The zero-order valence-electron chi connectivity index (χ0n) is 12.3. The molecular weight excluding hydrogens is 300 g/mol. The van der Waals surface area contributed by atoms with E-state index in [1.54, 1.807) is 0 Å². The Balaban J connectivity index is 1.67. The van der Waals surface area contributed by atoms with E-state index in [0.717, 1.165) is 46.9 Å². The summed E-state index contributed by atoms with van der Waals surface area (Å²) in [6.45, 7) is 5.13. The summed E-state index contributed by atoms with van der Waals surface area (Å²) >= 11 is 6.25. The van der Waals surface area contributed by atoms with Crippen molar-refractivity contribution in [2.75, 3.05) is 31.1 Å². The highest BCUT2D eigenvalue weighted by atomic mass is 35.5. The molecule has 2 saturated heterocycles. The number of pyridine rings is 1. The number of amides is 2. The summed E-state index contributed by atoms with van der Waals surface area (Å²) in [6, 6.07) is 8.26. The molecule has 0 aliphatic carbocycles. The molecule has 6 heteroatoms. The lowest BCUT2D eigenvalue weighted by Crippen LogP contribution is -2.52. The number of piperazine rings is 1. The van der Waals surface area contributed by atoms with Crippen molar-refractivity contribution in [3.05, 3.63) is 34.9 Å². The molecule has 1 atom stereocenters. The standard InChI is InChI=1S/C16H17ClN4O/c1-10-2-4-13(17)12-3-5-14(19-15(10)12)20-6-7-21-11(9-20)8-18-16(21)22/h2-5,11H,6-9H2,1H3,(H,18,22)/t11-/m1/s1. The molecule has 0 bridgehead atoms. The smallest absolute Gasteiger partial charge is 0.317 e. The van der Waals surface area contributed by atoms with Crippen LogP contribution in [0, 0.1) is 6.92 Å². The topological polar surface area (TPSA) is 48.5 Å². The van der Waals surface area contributed by atoms with E-state index in [4.69, 9.17) is 16.6 Å². The monoisotopic (exact) mass is 316 g/mol. The van der Waals surface area contributed by atoms with Gasteiger partial charge in [0.05, 0.1) is 11.6 Å². The Morgan fingerprint density at radius 3 is 3.00 bits per heavy atom. The van der Waals surface area contributed by atoms with Gasteiger partial charge in [-0.1, -0.05) is 17.7 Å². The molecule has 114 valence electrons. The Kier molecular flexibility index (Phi) is 3.11. The first-order valence-electron chi connectivity index (χ1n) is 7.49. The normalized spacial score (nSPS) is 21.2. The minimum atomic E-state index is 0.0544. The zero-order valence-corrected chi connectivity index (χ0v) is 13.1. The number of carbonyl (C=O) groups excluding carboxylic acids is 1. The van der Waals surface area contributed by atoms with E-state index in [-0.39, 0.29) is 12.1 Å². The number of nitrogens with zero attached hydrogens (tertiary/aromatic N) is 3. The van der Waals surface area contributed by atoms with E-state index in [1.165, 1.54) is 0 Å². The molecule has 2 aliphatic heterocycles. The molecule has 2 aromatic rings. The number of rotatable bonds is 1. The maximum atomic E-state index is 11.7. The summed E-state index contributed by atoms with van der Waals surface area (Å²) in [5.41, 5.74) is 2.07. The molecule has 2 aliphatic rings. The first-order valence-corrected chi connectivity index (χ1v) is 7.86. The van der Waals surface area contributed by atoms with Crippen LogP contribution in [-0.2, 0) is 0 Å². The molecule has 0 saturated carbocycles. The van der Waals surface area contributed by atoms with Gasteiger partial charge in [0.25, 0.3) is 0 Å². The second-order valence-corrected chi connectivity index (χ2v) is 6.32. The summed E-state index contributed by atoms with van der Waals surface area (Å²) in [7, 11) is 0. The number of fused-ring (bicyclic) bond motifs is 2. The van der Waals surface area contributed by atoms with Crippen LogP contribution in [0.5, 0.6) is 0 Å². The Labute approximate surface area is 133 Å². The van der Waals surface area contributed by atoms with E-state index >= 15 is 0 Å². The van der Waals surface area contributed by atoms with Crippen molar-refractivity contribution in [2.45, 2.75) is 13.0 Å². The van der Waals surface area contributed by atoms with Crippen LogP contribution in [0.3, 0.4) is 0 Å². The van der Waals surface area contributed by atoms with Crippen molar-refractivity contribution in [3.8, 4) is 0 Å². The van der Waals surface area contributed by atoms with Crippen molar-refractivity contribution < 1.29 is 4.79 Å². The molecule has 3 heterocycles. The third-order valence-electron chi connectivity index (χ3n) is 4.55. The van der Waals surface area contributed by atoms with Gasteiger partial charge in [-0.05, 0) is 30.7 Å². The highest BCUT2D eigenvalue weighted by molar-refractivity contribution is 6.35. The summed E-state index contributed by atoms with van der Waals surface area (Å²) < 4.78 is 0. The van der Waals surface area contributed by atoms with Gasteiger partial charge >= 0.3 is 6.03 Å². The number of hydrogen-bond donors (Lipinski definition) is 1. The molecule has 0 spiro atoms. The molecule has 4 rings (SSSR count). The number of halogens is 1. The predicted molar refractivity (Wildman–Crippen MR) is 87.6 cm³/mol. The summed E-state index contributed by atoms with van der Waals surface area (Å²) in [6.07, 6.45) is 0. The van der Waals surface area contributed by atoms with Gasteiger partial charge in [0.1, 0.15) is 5.82 Å². The van der Waals surface area contributed by atoms with Crippen LogP contribution in [-0.4, -0.2) is 48.1 Å². The van der Waals surface area contributed by atoms with Gasteiger partial charge in [-0.2, -0.15) is 0 Å². The average Bonchev–Trinajstić information content (AvgIpc) is 2.91. The number of hydrogen-bond acceptors (Lipinski definition) is 3. The number of benzene rings is 1. The number of carbonyl (C=O) groups is 1. The van der Waals surface area contributed by atoms with E-state index in [2.05, 4.69) is 10.2 Å². The number of nitrogens with one attached hydrogen (secondary N) is 1. The SMILES string of the molecule is Cc1ccc(Cl)c2ccc(N3CCN4C(=O)NC[C@@H]4C3)nc12. The van der Waals surface area contributed by atoms with Gasteiger partial charge in [0.2, 0.25) is 0 Å². The third kappa shape index (κ3) is 2.08. The van der Waals surface area contributed by atoms with Crippen LogP contribution in [0.15, 0.2) is 24.3 Å². The lowest BCUT2D eigenvalue weighted by atomic mass is 10.1. The molecule has 1 aromatic carbocycles. The Bertz CT molecular complexity index is 763. The number of urea groups is 1. The van der Waals surface area contributed by atoms with Gasteiger partial charge in [-0.25, -0.2) is 9.78 Å². The molecule has 0 unspecified atom stereocenters. The van der Waals surface area contributed by atoms with Crippen LogP contribution in [0.1, 0.15) is 5.56 Å². The lowest BCUT2D eigenvalue weighted by molar-refractivity contribution is 0.197. The second-order valence-electron chi connectivity index (χ2n) is 5.91. The van der Waals surface area contributed by atoms with Crippen molar-refractivity contribution in [3.63, 3.8) is 0 Å². The number of aryl methyl sites for hydroxylation is 1. The number of aromatic nitrogens is 1. The lowest BCUT2D eigenvalue weighted by Gasteiger charge is -2.37. The molecule has 22 heavy (non-hydrogen) atoms. The first-order chi connectivity index (χ1) is 10.6. The van der Waals surface area contributed by atoms with Gasteiger partial charge in [0, 0.05) is 36.6 Å². The van der Waals surface area contributed by atoms with Gasteiger partial charge in [0.15, 0.2) is 0 Å². The summed E-state index contributed by atoms with van der Waals surface area (Å²) in [4.78, 5) is 20.7. The van der Waals surface area contributed by atoms with E-state index < -0.39 is 0 Å². The highest BCUT2D eigenvalue weighted by Gasteiger charge is 2.35. The van der Waals surface area contributed by atoms with Crippen molar-refractivity contribution >= 4 is 34.4 Å². The van der Waals surface area contributed by atoms with E-state index in [9.17, 15) is 4.79 Å². The third-order valence-corrected chi connectivity index (χ3v) is 4.88. The maximum Gasteiger partial charge on any atom is 0.317 e. The van der Waals surface area contributed by atoms with Gasteiger partial charge in [-0.15, -0.1) is 0 Å². The Hall–Kier alpha value is -2.01. The molecule has 2 amide bonds. The highest BCUT2D eigenvalue weighted by Crippen LogP contribution is 2.28. The quantitative estimate of drug-likeness (QED) is 0.879. The second kappa shape index (κ2) is 5.02. The fourth-order valence-corrected chi connectivity index (χ4v) is 3.51. The van der Waals surface area contributed by atoms with Crippen LogP contribution >= 0.6 is 11.6 Å². The van der Waals surface area contributed by atoms with Gasteiger partial charge in [-0.3, -0.25) is 0 Å². The van der Waals surface area contributed by atoms with Crippen LogP contribution in [0.25, 0.3) is 10.9 Å². The fourth-order valence-electron chi connectivity index (χ4n) is 3.30. The van der Waals surface area contributed by atoms with Crippen LogP contribution in [0.4, 0.5) is 10.6 Å². The van der Waals surface area contributed by atoms with Crippen molar-refractivity contribution in [2.24, 2.45) is 0 Å². The van der Waals surface area contributed by atoms with Crippen molar-refractivity contribution in [1.82, 2.24) is 15.2 Å². The molecular formula is C16H17ClN4O. The molecule has 1 N–H and O–H groups in total. The van der Waals surface area contributed by atoms with E-state index in [1.807, 2.05) is 36.1 Å². The van der Waals surface area contributed by atoms with Crippen molar-refractivity contribution in [1.29, 1.82) is 0 Å². The predicted octanol–water partition coefficient (Wildman–Crippen LogP) is 2.41. The molecule has 2 fully saturated rings. The molecule has 1 aromatic heterocycles. The molecule has 5 nitrogen and oxygen atoms in total. The largest absolute Gasteiger partial charge is 0.353 e. The Morgan fingerprint density at radius 1 is 1.27 bits per heavy atom.